The van der Waals surface area contributed by atoms with E-state index in [9.17, 15) is 0 Å². The molecular weight excluding hydrogens is 769 g/mol. The van der Waals surface area contributed by atoms with Crippen molar-refractivity contribution < 1.29 is 4.42 Å². The topological polar surface area (TPSA) is 64.7 Å². The minimum absolute atomic E-state index is 0.642. The summed E-state index contributed by atoms with van der Waals surface area (Å²) in [5.41, 5.74) is 14.4. The first-order valence-corrected chi connectivity index (χ1v) is 21.1. The molecule has 63 heavy (non-hydrogen) atoms. The van der Waals surface area contributed by atoms with Crippen LogP contribution in [0.2, 0.25) is 0 Å². The highest BCUT2D eigenvalue weighted by Crippen LogP contribution is 2.42. The van der Waals surface area contributed by atoms with E-state index in [0.29, 0.717) is 17.5 Å². The molecule has 0 fully saturated rings. The summed E-state index contributed by atoms with van der Waals surface area (Å²) in [7, 11) is 0. The Bertz CT molecular complexity index is 3570. The molecule has 0 aliphatic rings. The molecule has 0 amide bonds. The fourth-order valence-corrected chi connectivity index (χ4v) is 8.77. The van der Waals surface area contributed by atoms with Crippen molar-refractivity contribution in [3.63, 3.8) is 0 Å². The number of para-hydroxylation sites is 1. The monoisotopic (exact) mass is 804 g/mol. The number of aromatic nitrogens is 4. The summed E-state index contributed by atoms with van der Waals surface area (Å²) < 4.78 is 6.35. The number of furan rings is 1. The molecule has 3 aromatic heterocycles. The van der Waals surface area contributed by atoms with E-state index in [1.165, 1.54) is 5.39 Å². The molecule has 5 heteroatoms. The second-order valence-corrected chi connectivity index (χ2v) is 15.8. The zero-order valence-electron chi connectivity index (χ0n) is 34.0. The normalized spacial score (nSPS) is 11.5. The zero-order chi connectivity index (χ0) is 41.7. The van der Waals surface area contributed by atoms with Gasteiger partial charge in [0.1, 0.15) is 11.2 Å². The first-order valence-electron chi connectivity index (χ1n) is 21.1. The van der Waals surface area contributed by atoms with Crippen LogP contribution in [0.5, 0.6) is 0 Å². The highest BCUT2D eigenvalue weighted by molar-refractivity contribution is 6.28. The molecule has 5 nitrogen and oxygen atoms in total. The fraction of sp³-hybridized carbons (Fsp3) is 0. The van der Waals surface area contributed by atoms with Gasteiger partial charge in [0.2, 0.25) is 0 Å². The molecule has 0 atom stereocenters. The van der Waals surface area contributed by atoms with Gasteiger partial charge in [-0.3, -0.25) is 0 Å². The standard InChI is InChI=1S/C58H36N4O/c1-4-12-42(13-5-1)55-49-34-35-52-54(48-18-10-11-19-51(48)63-52)53(49)47-33-32-46(36-50(47)59-55)41-26-24-39(25-27-41)37-20-22-38(23-21-37)40-28-30-45(31-29-40)58-61-56(43-14-6-2-7-15-43)60-57(62-58)44-16-8-3-9-17-44/h1-36H. The summed E-state index contributed by atoms with van der Waals surface area (Å²) in [5.74, 6) is 1.94. The molecule has 0 saturated carbocycles. The van der Waals surface area contributed by atoms with Crippen LogP contribution in [0.15, 0.2) is 223 Å². The minimum atomic E-state index is 0.642. The predicted molar refractivity (Wildman–Crippen MR) is 258 cm³/mol. The van der Waals surface area contributed by atoms with Gasteiger partial charge < -0.3 is 4.42 Å². The Morgan fingerprint density at radius 3 is 1.21 bits per heavy atom. The molecule has 0 bridgehead atoms. The molecule has 0 aliphatic heterocycles. The molecule has 0 N–H and O–H groups in total. The maximum atomic E-state index is 6.35. The largest absolute Gasteiger partial charge is 0.456 e. The lowest BCUT2D eigenvalue weighted by atomic mass is 9.94. The van der Waals surface area contributed by atoms with E-state index in [-0.39, 0.29) is 0 Å². The van der Waals surface area contributed by atoms with Crippen LogP contribution in [0, 0.1) is 0 Å². The number of rotatable bonds is 7. The van der Waals surface area contributed by atoms with Gasteiger partial charge in [0.15, 0.2) is 17.5 Å². The van der Waals surface area contributed by atoms with Crippen molar-refractivity contribution in [1.82, 2.24) is 19.9 Å². The third-order valence-corrected chi connectivity index (χ3v) is 12.0. The van der Waals surface area contributed by atoms with Crippen LogP contribution in [-0.4, -0.2) is 19.9 Å². The van der Waals surface area contributed by atoms with Gasteiger partial charge in [0, 0.05) is 49.2 Å². The fourth-order valence-electron chi connectivity index (χ4n) is 8.77. The number of pyridine rings is 1. The van der Waals surface area contributed by atoms with E-state index in [1.54, 1.807) is 0 Å². The summed E-state index contributed by atoms with van der Waals surface area (Å²) in [5, 5.41) is 5.63. The summed E-state index contributed by atoms with van der Waals surface area (Å²) in [6, 6.07) is 75.8. The highest BCUT2D eigenvalue weighted by atomic mass is 16.3. The third kappa shape index (κ3) is 6.60. The average Bonchev–Trinajstić information content (AvgIpc) is 3.76. The van der Waals surface area contributed by atoms with Crippen molar-refractivity contribution >= 4 is 43.6 Å². The van der Waals surface area contributed by atoms with Crippen LogP contribution in [-0.2, 0) is 0 Å². The first-order chi connectivity index (χ1) is 31.2. The van der Waals surface area contributed by atoms with Gasteiger partial charge in [0.05, 0.1) is 11.2 Å². The van der Waals surface area contributed by atoms with Crippen molar-refractivity contribution in [3.8, 4) is 78.8 Å². The van der Waals surface area contributed by atoms with Crippen LogP contribution in [0.3, 0.4) is 0 Å². The second kappa shape index (κ2) is 15.2. The predicted octanol–water partition coefficient (Wildman–Crippen LogP) is 15.1. The van der Waals surface area contributed by atoms with Crippen molar-refractivity contribution in [2.45, 2.75) is 0 Å². The molecule has 0 aliphatic carbocycles. The molecule has 294 valence electrons. The van der Waals surface area contributed by atoms with Crippen LogP contribution in [0.25, 0.3) is 122 Å². The number of benzene rings is 9. The minimum Gasteiger partial charge on any atom is -0.456 e. The van der Waals surface area contributed by atoms with Crippen LogP contribution in [0.4, 0.5) is 0 Å². The van der Waals surface area contributed by atoms with Gasteiger partial charge in [-0.05, 0) is 57.6 Å². The van der Waals surface area contributed by atoms with Gasteiger partial charge in [0.25, 0.3) is 0 Å². The summed E-state index contributed by atoms with van der Waals surface area (Å²) in [6.45, 7) is 0. The first kappa shape index (κ1) is 36.3. The quantitative estimate of drug-likeness (QED) is 0.150. The lowest BCUT2D eigenvalue weighted by molar-refractivity contribution is 0.669. The molecular formula is C58H36N4O. The number of fused-ring (bicyclic) bond motifs is 7. The van der Waals surface area contributed by atoms with E-state index < -0.39 is 0 Å². The molecule has 12 rings (SSSR count). The smallest absolute Gasteiger partial charge is 0.164 e. The SMILES string of the molecule is c1ccc(-c2nc(-c3ccccc3)nc(-c3ccc(-c4ccc(-c5ccc(-c6ccc7c(c6)nc(-c6ccccc6)c6ccc8oc9ccccc9c8c67)cc5)cc4)cc3)n2)cc1. The van der Waals surface area contributed by atoms with Gasteiger partial charge in [-0.25, -0.2) is 19.9 Å². The van der Waals surface area contributed by atoms with E-state index >= 15 is 0 Å². The zero-order valence-corrected chi connectivity index (χ0v) is 34.0. The lowest BCUT2D eigenvalue weighted by Crippen LogP contribution is -2.00. The van der Waals surface area contributed by atoms with Crippen molar-refractivity contribution in [3.05, 3.63) is 218 Å². The number of hydrogen-bond donors (Lipinski definition) is 0. The maximum absolute atomic E-state index is 6.35. The van der Waals surface area contributed by atoms with E-state index in [2.05, 4.69) is 140 Å². The Labute approximate surface area is 363 Å². The molecule has 0 spiro atoms. The van der Waals surface area contributed by atoms with Crippen LogP contribution >= 0.6 is 0 Å². The summed E-state index contributed by atoms with van der Waals surface area (Å²) in [6.07, 6.45) is 0. The Balaban J connectivity index is 0.840. The maximum Gasteiger partial charge on any atom is 0.164 e. The van der Waals surface area contributed by atoms with Gasteiger partial charge >= 0.3 is 0 Å². The Morgan fingerprint density at radius 1 is 0.254 bits per heavy atom. The van der Waals surface area contributed by atoms with E-state index in [0.717, 1.165) is 99.6 Å². The second-order valence-electron chi connectivity index (χ2n) is 15.8. The number of hydrogen-bond acceptors (Lipinski definition) is 5. The Morgan fingerprint density at radius 2 is 0.667 bits per heavy atom. The Hall–Kier alpha value is -8.54. The highest BCUT2D eigenvalue weighted by Gasteiger charge is 2.18. The molecule has 0 saturated heterocycles. The van der Waals surface area contributed by atoms with Gasteiger partial charge in [-0.15, -0.1) is 0 Å². The molecule has 12 aromatic rings. The van der Waals surface area contributed by atoms with Crippen molar-refractivity contribution in [2.75, 3.05) is 0 Å². The Kier molecular flexibility index (Phi) is 8.75. The summed E-state index contributed by atoms with van der Waals surface area (Å²) >= 11 is 0. The summed E-state index contributed by atoms with van der Waals surface area (Å²) in [4.78, 5) is 20.0. The average molecular weight is 805 g/mol. The molecule has 3 heterocycles. The van der Waals surface area contributed by atoms with Crippen LogP contribution < -0.4 is 0 Å². The van der Waals surface area contributed by atoms with E-state index in [1.807, 2.05) is 78.9 Å². The van der Waals surface area contributed by atoms with Crippen molar-refractivity contribution in [1.29, 1.82) is 0 Å². The van der Waals surface area contributed by atoms with Crippen LogP contribution in [0.1, 0.15) is 0 Å². The molecule has 0 unspecified atom stereocenters. The van der Waals surface area contributed by atoms with Gasteiger partial charge in [-0.1, -0.05) is 194 Å². The third-order valence-electron chi connectivity index (χ3n) is 12.0. The van der Waals surface area contributed by atoms with Gasteiger partial charge in [-0.2, -0.15) is 0 Å². The van der Waals surface area contributed by atoms with E-state index in [4.69, 9.17) is 24.4 Å². The lowest BCUT2D eigenvalue weighted by Gasteiger charge is -2.13. The van der Waals surface area contributed by atoms with Crippen molar-refractivity contribution in [2.24, 2.45) is 0 Å². The molecule has 9 aromatic carbocycles. The molecule has 0 radical (unpaired) electrons. The number of nitrogens with zero attached hydrogens (tertiary/aromatic N) is 4.